The molecule has 0 unspecified atom stereocenters. The number of hydrogen-bond donors (Lipinski definition) is 1. The van der Waals surface area contributed by atoms with Crippen LogP contribution in [0.25, 0.3) is 0 Å². The Balaban J connectivity index is 2.02. The molecule has 1 fully saturated rings. The van der Waals surface area contributed by atoms with Crippen molar-refractivity contribution < 1.29 is 9.53 Å². The Morgan fingerprint density at radius 3 is 2.76 bits per heavy atom. The number of amides is 2. The Hall–Kier alpha value is -0.530. The Bertz CT molecular complexity index is 422. The number of carbonyl (C=O) groups is 1. The second-order valence-electron chi connectivity index (χ2n) is 3.65. The van der Waals surface area contributed by atoms with Crippen LogP contribution in [0.4, 0.5) is 10.5 Å². The first-order chi connectivity index (χ1) is 8.16. The van der Waals surface area contributed by atoms with Crippen LogP contribution in [-0.4, -0.2) is 37.2 Å². The van der Waals surface area contributed by atoms with Crippen LogP contribution in [0.5, 0.6) is 0 Å². The molecule has 2 amide bonds. The number of urea groups is 1. The fraction of sp³-hybridized carbons (Fsp3) is 0.364. The summed E-state index contributed by atoms with van der Waals surface area (Å²) in [7, 11) is 0. The molecule has 0 aromatic heterocycles. The van der Waals surface area contributed by atoms with Gasteiger partial charge in [0.25, 0.3) is 0 Å². The van der Waals surface area contributed by atoms with Crippen molar-refractivity contribution in [3.63, 3.8) is 0 Å². The lowest BCUT2D eigenvalue weighted by Gasteiger charge is -2.27. The molecular formula is C11H12ClIN2O2. The number of halogens is 2. The molecule has 1 aromatic rings. The van der Waals surface area contributed by atoms with Gasteiger partial charge < -0.3 is 15.0 Å². The van der Waals surface area contributed by atoms with Gasteiger partial charge in [0, 0.05) is 16.7 Å². The van der Waals surface area contributed by atoms with Crippen LogP contribution in [0.2, 0.25) is 5.02 Å². The zero-order valence-electron chi connectivity index (χ0n) is 9.08. The summed E-state index contributed by atoms with van der Waals surface area (Å²) in [6.45, 7) is 2.42. The predicted molar refractivity (Wildman–Crippen MR) is 75.6 cm³/mol. The molecule has 0 spiro atoms. The van der Waals surface area contributed by atoms with Crippen molar-refractivity contribution in [2.45, 2.75) is 0 Å². The Kier molecular flexibility index (Phi) is 4.47. The zero-order valence-corrected chi connectivity index (χ0v) is 12.0. The number of morpholine rings is 1. The van der Waals surface area contributed by atoms with Gasteiger partial charge >= 0.3 is 6.03 Å². The van der Waals surface area contributed by atoms with Gasteiger partial charge in [0.2, 0.25) is 0 Å². The minimum atomic E-state index is -0.128. The molecule has 6 heteroatoms. The second kappa shape index (κ2) is 5.88. The fourth-order valence-electron chi connectivity index (χ4n) is 1.55. The summed E-state index contributed by atoms with van der Waals surface area (Å²) in [5.74, 6) is 0. The van der Waals surface area contributed by atoms with Gasteiger partial charge in [-0.2, -0.15) is 0 Å². The number of carbonyl (C=O) groups excluding carboxylic acids is 1. The topological polar surface area (TPSA) is 41.6 Å². The summed E-state index contributed by atoms with van der Waals surface area (Å²) >= 11 is 8.22. The quantitative estimate of drug-likeness (QED) is 0.777. The van der Waals surface area contributed by atoms with Crippen LogP contribution in [0.1, 0.15) is 0 Å². The van der Waals surface area contributed by atoms with Crippen LogP contribution >= 0.6 is 34.2 Å². The van der Waals surface area contributed by atoms with Crippen molar-refractivity contribution in [1.82, 2.24) is 4.90 Å². The van der Waals surface area contributed by atoms with Crippen molar-refractivity contribution in [3.05, 3.63) is 26.8 Å². The number of rotatable bonds is 1. The van der Waals surface area contributed by atoms with E-state index < -0.39 is 0 Å². The first kappa shape index (κ1) is 12.9. The molecule has 0 bridgehead atoms. The van der Waals surface area contributed by atoms with Crippen LogP contribution in [0.15, 0.2) is 18.2 Å². The molecule has 1 aliphatic heterocycles. The number of nitrogens with one attached hydrogen (secondary N) is 1. The van der Waals surface area contributed by atoms with Crippen LogP contribution in [-0.2, 0) is 4.74 Å². The Morgan fingerprint density at radius 2 is 2.12 bits per heavy atom. The summed E-state index contributed by atoms with van der Waals surface area (Å²) in [4.78, 5) is 13.6. The van der Waals surface area contributed by atoms with E-state index in [1.807, 2.05) is 18.2 Å². The van der Waals surface area contributed by atoms with E-state index >= 15 is 0 Å². The number of nitrogens with zero attached hydrogens (tertiary/aromatic N) is 1. The first-order valence-electron chi connectivity index (χ1n) is 5.25. The lowest BCUT2D eigenvalue weighted by molar-refractivity contribution is 0.0564. The molecule has 17 heavy (non-hydrogen) atoms. The number of hydrogen-bond acceptors (Lipinski definition) is 2. The largest absolute Gasteiger partial charge is 0.378 e. The van der Waals surface area contributed by atoms with E-state index in [2.05, 4.69) is 27.9 Å². The second-order valence-corrected chi connectivity index (χ2v) is 5.31. The molecular weight excluding hydrogens is 354 g/mol. The smallest absolute Gasteiger partial charge is 0.322 e. The molecule has 0 aliphatic carbocycles. The highest BCUT2D eigenvalue weighted by Crippen LogP contribution is 2.24. The van der Waals surface area contributed by atoms with E-state index in [0.29, 0.717) is 37.0 Å². The molecule has 1 N–H and O–H groups in total. The summed E-state index contributed by atoms with van der Waals surface area (Å²) in [5.41, 5.74) is 0.642. The molecule has 1 aromatic carbocycles. The summed E-state index contributed by atoms with van der Waals surface area (Å²) in [5, 5.41) is 3.36. The highest BCUT2D eigenvalue weighted by Gasteiger charge is 2.17. The number of anilines is 1. The minimum Gasteiger partial charge on any atom is -0.378 e. The van der Waals surface area contributed by atoms with Gasteiger partial charge in [0.05, 0.1) is 23.9 Å². The summed E-state index contributed by atoms with van der Waals surface area (Å²) < 4.78 is 6.23. The van der Waals surface area contributed by atoms with E-state index in [9.17, 15) is 4.79 Å². The Morgan fingerprint density at radius 1 is 1.41 bits per heavy atom. The van der Waals surface area contributed by atoms with Crippen LogP contribution < -0.4 is 5.32 Å². The predicted octanol–water partition coefficient (Wildman–Crippen LogP) is 2.81. The third kappa shape index (κ3) is 3.46. The molecule has 92 valence electrons. The van der Waals surface area contributed by atoms with Crippen molar-refractivity contribution >= 4 is 45.9 Å². The first-order valence-corrected chi connectivity index (χ1v) is 6.71. The average molecular weight is 367 g/mol. The third-order valence-electron chi connectivity index (χ3n) is 2.47. The molecule has 0 radical (unpaired) electrons. The summed E-state index contributed by atoms with van der Waals surface area (Å²) in [6.07, 6.45) is 0. The minimum absolute atomic E-state index is 0.128. The van der Waals surface area contributed by atoms with E-state index in [-0.39, 0.29) is 6.03 Å². The lowest BCUT2D eigenvalue weighted by atomic mass is 10.3. The maximum Gasteiger partial charge on any atom is 0.322 e. The molecule has 4 nitrogen and oxygen atoms in total. The van der Waals surface area contributed by atoms with Gasteiger partial charge in [-0.3, -0.25) is 0 Å². The molecule has 0 atom stereocenters. The van der Waals surface area contributed by atoms with Crippen molar-refractivity contribution in [1.29, 1.82) is 0 Å². The summed E-state index contributed by atoms with van der Waals surface area (Å²) in [6, 6.07) is 5.40. The van der Waals surface area contributed by atoms with Gasteiger partial charge in [-0.25, -0.2) is 4.79 Å². The molecule has 1 aliphatic rings. The van der Waals surface area contributed by atoms with Crippen LogP contribution in [0, 0.1) is 3.57 Å². The molecule has 1 heterocycles. The van der Waals surface area contributed by atoms with Crippen molar-refractivity contribution in [2.75, 3.05) is 31.6 Å². The standard InChI is InChI=1S/C11H12ClIN2O2/c12-9-7-8(13)1-2-10(9)14-11(16)15-3-5-17-6-4-15/h1-2,7H,3-6H2,(H,14,16). The van der Waals surface area contributed by atoms with E-state index in [1.165, 1.54) is 0 Å². The van der Waals surface area contributed by atoms with Crippen molar-refractivity contribution in [3.8, 4) is 0 Å². The van der Waals surface area contributed by atoms with Crippen LogP contribution in [0.3, 0.4) is 0 Å². The maximum absolute atomic E-state index is 11.9. The van der Waals surface area contributed by atoms with Gasteiger partial charge in [-0.05, 0) is 40.8 Å². The van der Waals surface area contributed by atoms with Gasteiger partial charge in [-0.1, -0.05) is 11.6 Å². The fourth-order valence-corrected chi connectivity index (χ4v) is 2.45. The van der Waals surface area contributed by atoms with Gasteiger partial charge in [-0.15, -0.1) is 0 Å². The van der Waals surface area contributed by atoms with E-state index in [0.717, 1.165) is 3.57 Å². The normalized spacial score (nSPS) is 15.8. The van der Waals surface area contributed by atoms with E-state index in [4.69, 9.17) is 16.3 Å². The monoisotopic (exact) mass is 366 g/mol. The average Bonchev–Trinajstić information content (AvgIpc) is 2.34. The lowest BCUT2D eigenvalue weighted by Crippen LogP contribution is -2.43. The number of benzene rings is 1. The van der Waals surface area contributed by atoms with E-state index in [1.54, 1.807) is 4.90 Å². The molecule has 0 saturated carbocycles. The Labute approximate surface area is 118 Å². The molecule has 2 rings (SSSR count). The highest BCUT2D eigenvalue weighted by atomic mass is 127. The zero-order chi connectivity index (χ0) is 12.3. The maximum atomic E-state index is 11.9. The van der Waals surface area contributed by atoms with Crippen molar-refractivity contribution in [2.24, 2.45) is 0 Å². The number of ether oxygens (including phenoxy) is 1. The third-order valence-corrected chi connectivity index (χ3v) is 3.45. The highest BCUT2D eigenvalue weighted by molar-refractivity contribution is 14.1. The SMILES string of the molecule is O=C(Nc1ccc(I)cc1Cl)N1CCOCC1. The molecule has 1 saturated heterocycles. The van der Waals surface area contributed by atoms with Gasteiger partial charge in [0.1, 0.15) is 0 Å². The van der Waals surface area contributed by atoms with Gasteiger partial charge in [0.15, 0.2) is 0 Å².